The lowest BCUT2D eigenvalue weighted by Gasteiger charge is -2.18. The average Bonchev–Trinajstić information content (AvgIpc) is 2.77. The van der Waals surface area contributed by atoms with Crippen LogP contribution in [0.5, 0.6) is 0 Å². The van der Waals surface area contributed by atoms with Gasteiger partial charge < -0.3 is 5.73 Å². The monoisotopic (exact) mass is 256 g/mol. The predicted molar refractivity (Wildman–Crippen MR) is 64.8 cm³/mol. The normalized spacial score (nSPS) is 17.5. The molecule has 0 amide bonds. The third-order valence-corrected chi connectivity index (χ3v) is 4.74. The molecule has 1 fully saturated rings. The van der Waals surface area contributed by atoms with Gasteiger partial charge in [-0.25, -0.2) is 8.42 Å². The fourth-order valence-corrected chi connectivity index (χ4v) is 3.57. The molecule has 0 saturated carbocycles. The van der Waals surface area contributed by atoms with Crippen molar-refractivity contribution in [3.8, 4) is 0 Å². The molecule has 0 unspecified atom stereocenters. The van der Waals surface area contributed by atoms with E-state index < -0.39 is 10.0 Å². The summed E-state index contributed by atoms with van der Waals surface area (Å²) in [4.78, 5) is 5.28. The zero-order valence-corrected chi connectivity index (χ0v) is 10.8. The van der Waals surface area contributed by atoms with Gasteiger partial charge in [-0.05, 0) is 31.4 Å². The van der Waals surface area contributed by atoms with Gasteiger partial charge >= 0.3 is 0 Å². The van der Waals surface area contributed by atoms with Crippen LogP contribution in [0.15, 0.2) is 17.0 Å². The van der Waals surface area contributed by atoms with Gasteiger partial charge in [-0.1, -0.05) is 16.6 Å². The van der Waals surface area contributed by atoms with Crippen molar-refractivity contribution in [3.05, 3.63) is 23.3 Å². The van der Waals surface area contributed by atoms with Gasteiger partial charge in [0.25, 0.3) is 10.0 Å². The number of benzene rings is 1. The van der Waals surface area contributed by atoms with Crippen molar-refractivity contribution >= 4 is 15.7 Å². The minimum absolute atomic E-state index is 0.166. The average molecular weight is 256 g/mol. The van der Waals surface area contributed by atoms with Crippen LogP contribution in [0.4, 0.5) is 5.69 Å². The Balaban J connectivity index is 2.56. The van der Waals surface area contributed by atoms with E-state index in [-0.39, 0.29) is 4.90 Å². The Hall–Kier alpha value is -1.11. The second-order valence-corrected chi connectivity index (χ2v) is 5.93. The van der Waals surface area contributed by atoms with E-state index in [0.29, 0.717) is 30.8 Å². The summed E-state index contributed by atoms with van der Waals surface area (Å²) in [5, 5.41) is 0. The largest absolute Gasteiger partial charge is 0.397 e. The number of hydrogen-bond acceptors (Lipinski definition) is 4. The summed E-state index contributed by atoms with van der Waals surface area (Å²) in [6, 6.07) is 3.57. The topological polar surface area (TPSA) is 72.6 Å². The first kappa shape index (κ1) is 12.3. The van der Waals surface area contributed by atoms with Gasteiger partial charge in [0, 0.05) is 6.54 Å². The summed E-state index contributed by atoms with van der Waals surface area (Å²) in [6.07, 6.45) is 0.712. The minimum atomic E-state index is -3.64. The molecule has 0 radical (unpaired) electrons. The summed E-state index contributed by atoms with van der Waals surface area (Å²) in [5.74, 6) is 0. The molecule has 1 aliphatic rings. The molecular weight excluding hydrogens is 240 g/mol. The maximum atomic E-state index is 12.3. The number of hydroxylamine groups is 1. The van der Waals surface area contributed by atoms with E-state index in [1.54, 1.807) is 19.9 Å². The minimum Gasteiger partial charge on any atom is -0.397 e. The Kier molecular flexibility index (Phi) is 3.11. The first-order valence-electron chi connectivity index (χ1n) is 5.46. The molecule has 2 rings (SSSR count). The van der Waals surface area contributed by atoms with Crippen LogP contribution in [0.1, 0.15) is 17.5 Å². The van der Waals surface area contributed by atoms with Crippen LogP contribution in [0.25, 0.3) is 0 Å². The second kappa shape index (κ2) is 4.29. The van der Waals surface area contributed by atoms with Crippen molar-refractivity contribution in [1.82, 2.24) is 4.47 Å². The van der Waals surface area contributed by atoms with Crippen molar-refractivity contribution in [2.24, 2.45) is 0 Å². The van der Waals surface area contributed by atoms with Crippen molar-refractivity contribution < 1.29 is 13.3 Å². The Morgan fingerprint density at radius 3 is 2.53 bits per heavy atom. The molecule has 0 bridgehead atoms. The first-order valence-corrected chi connectivity index (χ1v) is 6.90. The lowest BCUT2D eigenvalue weighted by Crippen LogP contribution is -2.28. The number of nitrogens with zero attached hydrogens (tertiary/aromatic N) is 1. The number of anilines is 1. The number of hydrogen-bond donors (Lipinski definition) is 1. The molecule has 1 aliphatic heterocycles. The van der Waals surface area contributed by atoms with Crippen molar-refractivity contribution in [3.63, 3.8) is 0 Å². The number of sulfonamides is 1. The van der Waals surface area contributed by atoms with Gasteiger partial charge in [0.05, 0.1) is 12.3 Å². The summed E-state index contributed by atoms with van der Waals surface area (Å²) >= 11 is 0. The summed E-state index contributed by atoms with van der Waals surface area (Å²) < 4.78 is 25.7. The smallest absolute Gasteiger partial charge is 0.267 e. The van der Waals surface area contributed by atoms with Gasteiger partial charge in [-0.3, -0.25) is 4.84 Å². The molecule has 1 aromatic rings. The molecule has 5 nitrogen and oxygen atoms in total. The third kappa shape index (κ3) is 2.03. The Labute approximate surface area is 101 Å². The van der Waals surface area contributed by atoms with Crippen LogP contribution in [0.3, 0.4) is 0 Å². The SMILES string of the molecule is Cc1ccc(C)c(S(=O)(=O)N2CCCO2)c1N. The first-order chi connectivity index (χ1) is 7.94. The molecule has 0 aromatic heterocycles. The number of nitrogen functional groups attached to an aromatic ring is 1. The number of aryl methyl sites for hydroxylation is 2. The van der Waals surface area contributed by atoms with E-state index in [1.807, 2.05) is 6.07 Å². The molecule has 0 aliphatic carbocycles. The van der Waals surface area contributed by atoms with Crippen LogP contribution in [-0.4, -0.2) is 26.0 Å². The highest BCUT2D eigenvalue weighted by molar-refractivity contribution is 7.89. The van der Waals surface area contributed by atoms with Crippen LogP contribution in [0.2, 0.25) is 0 Å². The van der Waals surface area contributed by atoms with Gasteiger partial charge in [0.15, 0.2) is 0 Å². The van der Waals surface area contributed by atoms with Crippen molar-refractivity contribution in [2.45, 2.75) is 25.2 Å². The lowest BCUT2D eigenvalue weighted by molar-refractivity contribution is -0.0284. The van der Waals surface area contributed by atoms with E-state index in [0.717, 1.165) is 10.0 Å². The summed E-state index contributed by atoms with van der Waals surface area (Å²) in [6.45, 7) is 4.34. The molecular formula is C11H16N2O3S. The molecule has 17 heavy (non-hydrogen) atoms. The highest BCUT2D eigenvalue weighted by Crippen LogP contribution is 2.30. The van der Waals surface area contributed by atoms with E-state index in [9.17, 15) is 8.42 Å². The predicted octanol–water partition coefficient (Wildman–Crippen LogP) is 1.21. The zero-order valence-electron chi connectivity index (χ0n) is 9.93. The van der Waals surface area contributed by atoms with E-state index in [4.69, 9.17) is 10.6 Å². The highest BCUT2D eigenvalue weighted by Gasteiger charge is 2.32. The molecule has 94 valence electrons. The van der Waals surface area contributed by atoms with Crippen LogP contribution in [0, 0.1) is 13.8 Å². The van der Waals surface area contributed by atoms with Gasteiger partial charge in [-0.15, -0.1) is 0 Å². The summed E-state index contributed by atoms with van der Waals surface area (Å²) in [7, 11) is -3.64. The molecule has 1 aromatic carbocycles. The standard InChI is InChI=1S/C11H16N2O3S/c1-8-4-5-9(2)11(10(8)12)17(14,15)13-6-3-7-16-13/h4-5H,3,6-7,12H2,1-2H3. The molecule has 6 heteroatoms. The molecule has 0 atom stereocenters. The maximum Gasteiger partial charge on any atom is 0.267 e. The highest BCUT2D eigenvalue weighted by atomic mass is 32.2. The quantitative estimate of drug-likeness (QED) is 0.807. The van der Waals surface area contributed by atoms with Crippen molar-refractivity contribution in [1.29, 1.82) is 0 Å². The third-order valence-electron chi connectivity index (χ3n) is 2.86. The molecule has 2 N–H and O–H groups in total. The zero-order chi connectivity index (χ0) is 12.6. The van der Waals surface area contributed by atoms with Gasteiger partial charge in [-0.2, -0.15) is 0 Å². The van der Waals surface area contributed by atoms with Crippen LogP contribution >= 0.6 is 0 Å². The lowest BCUT2D eigenvalue weighted by atomic mass is 10.1. The van der Waals surface area contributed by atoms with E-state index in [2.05, 4.69) is 0 Å². The fraction of sp³-hybridized carbons (Fsp3) is 0.455. The molecule has 1 saturated heterocycles. The second-order valence-electron chi connectivity index (χ2n) is 4.16. The van der Waals surface area contributed by atoms with E-state index >= 15 is 0 Å². The fourth-order valence-electron chi connectivity index (χ4n) is 1.87. The Bertz CT molecular complexity index is 534. The van der Waals surface area contributed by atoms with E-state index in [1.165, 1.54) is 0 Å². The molecule has 1 heterocycles. The molecule has 0 spiro atoms. The number of rotatable bonds is 2. The Morgan fingerprint density at radius 1 is 1.29 bits per heavy atom. The Morgan fingerprint density at radius 2 is 1.94 bits per heavy atom. The van der Waals surface area contributed by atoms with Gasteiger partial charge in [0.2, 0.25) is 0 Å². The van der Waals surface area contributed by atoms with Crippen LogP contribution < -0.4 is 5.73 Å². The number of nitrogens with two attached hydrogens (primary N) is 1. The summed E-state index contributed by atoms with van der Waals surface area (Å²) in [5.41, 5.74) is 7.58. The van der Waals surface area contributed by atoms with Crippen LogP contribution in [-0.2, 0) is 14.9 Å². The van der Waals surface area contributed by atoms with Gasteiger partial charge in [0.1, 0.15) is 4.90 Å². The maximum absolute atomic E-state index is 12.3. The van der Waals surface area contributed by atoms with Crippen molar-refractivity contribution in [2.75, 3.05) is 18.9 Å².